The Morgan fingerprint density at radius 3 is 2.26 bits per heavy atom. The number of hydrogen-bond acceptors (Lipinski definition) is 6. The summed E-state index contributed by atoms with van der Waals surface area (Å²) >= 11 is 0. The summed E-state index contributed by atoms with van der Waals surface area (Å²) in [6, 6.07) is 15.5. The predicted molar refractivity (Wildman–Crippen MR) is 156 cm³/mol. The normalized spacial score (nSPS) is 27.5. The summed E-state index contributed by atoms with van der Waals surface area (Å²) < 4.78 is 10.8. The van der Waals surface area contributed by atoms with Crippen molar-refractivity contribution < 1.29 is 28.3 Å². The van der Waals surface area contributed by atoms with Crippen LogP contribution in [0.25, 0.3) is 17.4 Å². The quantitative estimate of drug-likeness (QED) is 0.226. The lowest BCUT2D eigenvalue weighted by Gasteiger charge is -2.57. The average Bonchev–Trinajstić information content (AvgIpc) is 3.43. The van der Waals surface area contributed by atoms with Gasteiger partial charge in [-0.3, -0.25) is 14.9 Å². The summed E-state index contributed by atoms with van der Waals surface area (Å²) in [4.78, 5) is 52.2. The van der Waals surface area contributed by atoms with Gasteiger partial charge >= 0.3 is 12.0 Å². The van der Waals surface area contributed by atoms with Gasteiger partial charge in [0, 0.05) is 5.56 Å². The number of esters is 1. The van der Waals surface area contributed by atoms with Crippen LogP contribution < -0.4 is 10.2 Å². The van der Waals surface area contributed by atoms with Crippen LogP contribution in [0.5, 0.6) is 0 Å². The van der Waals surface area contributed by atoms with Gasteiger partial charge in [0.25, 0.3) is 11.8 Å². The molecule has 5 fully saturated rings. The van der Waals surface area contributed by atoms with Gasteiger partial charge in [0.05, 0.1) is 18.4 Å². The molecule has 0 spiro atoms. The molecule has 1 aliphatic heterocycles. The number of amides is 4. The number of carbonyl (C=O) groups is 4. The highest BCUT2D eigenvalue weighted by atomic mass is 16.5. The molecule has 5 aliphatic rings. The zero-order valence-corrected chi connectivity index (χ0v) is 23.6. The number of nitrogens with zero attached hydrogens (tertiary/aromatic N) is 1. The van der Waals surface area contributed by atoms with E-state index in [1.807, 2.05) is 18.2 Å². The maximum atomic E-state index is 13.5. The molecule has 4 saturated carbocycles. The topological polar surface area (TPSA) is 106 Å². The molecule has 4 aliphatic carbocycles. The minimum absolute atomic E-state index is 0.203. The van der Waals surface area contributed by atoms with Crippen molar-refractivity contribution in [2.45, 2.75) is 50.9 Å². The van der Waals surface area contributed by atoms with Crippen LogP contribution >= 0.6 is 0 Å². The summed E-state index contributed by atoms with van der Waals surface area (Å²) in [5, 5.41) is 2.29. The third-order valence-electron chi connectivity index (χ3n) is 9.80. The Hall–Kier alpha value is -4.46. The van der Waals surface area contributed by atoms with E-state index in [0.717, 1.165) is 22.7 Å². The fourth-order valence-corrected chi connectivity index (χ4v) is 8.27. The number of nitrogens with one attached hydrogen (secondary N) is 1. The van der Waals surface area contributed by atoms with Crippen LogP contribution in [-0.2, 0) is 19.7 Å². The van der Waals surface area contributed by atoms with Crippen molar-refractivity contribution in [2.75, 3.05) is 12.0 Å². The number of imide groups is 2. The molecular formula is C34H32N2O6. The highest BCUT2D eigenvalue weighted by molar-refractivity contribution is 6.39. The van der Waals surface area contributed by atoms with Gasteiger partial charge in [-0.25, -0.2) is 14.5 Å². The van der Waals surface area contributed by atoms with E-state index in [-0.39, 0.29) is 16.7 Å². The number of rotatable bonds is 5. The van der Waals surface area contributed by atoms with Crippen LogP contribution in [0.2, 0.25) is 0 Å². The Bertz CT molecular complexity index is 1630. The lowest BCUT2D eigenvalue weighted by molar-refractivity contribution is -0.122. The molecule has 2 heterocycles. The molecule has 8 heteroatoms. The van der Waals surface area contributed by atoms with Gasteiger partial charge in [0.15, 0.2) is 0 Å². The number of hydrogen-bond donors (Lipinski definition) is 1. The molecule has 8 nitrogen and oxygen atoms in total. The van der Waals surface area contributed by atoms with Crippen molar-refractivity contribution in [3.05, 3.63) is 82.6 Å². The number of anilines is 1. The molecule has 1 aromatic heterocycles. The highest BCUT2D eigenvalue weighted by Crippen LogP contribution is 2.60. The van der Waals surface area contributed by atoms with E-state index < -0.39 is 23.8 Å². The van der Waals surface area contributed by atoms with E-state index in [2.05, 4.69) is 17.4 Å². The molecule has 42 heavy (non-hydrogen) atoms. The first-order chi connectivity index (χ1) is 20.2. The van der Waals surface area contributed by atoms with Gasteiger partial charge in [-0.15, -0.1) is 0 Å². The second-order valence-electron chi connectivity index (χ2n) is 12.4. The summed E-state index contributed by atoms with van der Waals surface area (Å²) in [6.07, 6.45) is 9.09. The molecule has 1 saturated heterocycles. The van der Waals surface area contributed by atoms with Crippen molar-refractivity contribution >= 4 is 35.6 Å². The van der Waals surface area contributed by atoms with E-state index in [4.69, 9.17) is 9.15 Å². The van der Waals surface area contributed by atoms with Crippen LogP contribution in [-0.4, -0.2) is 30.9 Å². The van der Waals surface area contributed by atoms with E-state index >= 15 is 0 Å². The van der Waals surface area contributed by atoms with Gasteiger partial charge in [-0.1, -0.05) is 24.3 Å². The van der Waals surface area contributed by atoms with Crippen molar-refractivity contribution in [3.8, 4) is 11.3 Å². The minimum atomic E-state index is -0.784. The Labute approximate surface area is 243 Å². The van der Waals surface area contributed by atoms with E-state index in [1.54, 1.807) is 31.2 Å². The molecular weight excluding hydrogens is 532 g/mol. The van der Waals surface area contributed by atoms with Gasteiger partial charge in [-0.05, 0) is 116 Å². The zero-order chi connectivity index (χ0) is 29.2. The highest BCUT2D eigenvalue weighted by Gasteiger charge is 2.51. The third-order valence-corrected chi connectivity index (χ3v) is 9.80. The fraction of sp³-hybridized carbons (Fsp3) is 0.353. The second kappa shape index (κ2) is 9.82. The number of barbiturate groups is 1. The first-order valence-corrected chi connectivity index (χ1v) is 14.5. The molecule has 8 rings (SSSR count). The van der Waals surface area contributed by atoms with Crippen molar-refractivity contribution in [1.29, 1.82) is 0 Å². The molecule has 0 atom stereocenters. The standard InChI is InChI=1S/C34H32N2O6/c1-19-26(4-3-5-27(19)32(39)41-2)29-11-10-25(42-29)15-28-30(37)35-33(40)36(31(28)38)24-8-6-23(7-9-24)34-16-20-12-21(17-34)14-22(13-20)18-34/h3-11,15,20-22H,12-14,16-18H2,1-2H3,(H,35,37,40)/b28-15+. The van der Waals surface area contributed by atoms with Crippen LogP contribution in [0.1, 0.15) is 65.8 Å². The van der Waals surface area contributed by atoms with Crippen LogP contribution in [0.4, 0.5) is 10.5 Å². The zero-order valence-electron chi connectivity index (χ0n) is 23.6. The Balaban J connectivity index is 1.15. The average molecular weight is 565 g/mol. The smallest absolute Gasteiger partial charge is 0.338 e. The third kappa shape index (κ3) is 4.28. The molecule has 2 aromatic carbocycles. The van der Waals surface area contributed by atoms with Gasteiger partial charge in [-0.2, -0.15) is 0 Å². The van der Waals surface area contributed by atoms with Crippen LogP contribution in [0.3, 0.4) is 0 Å². The largest absolute Gasteiger partial charge is 0.465 e. The number of urea groups is 1. The molecule has 1 N–H and O–H groups in total. The summed E-state index contributed by atoms with van der Waals surface area (Å²) in [6.45, 7) is 1.79. The summed E-state index contributed by atoms with van der Waals surface area (Å²) in [7, 11) is 1.32. The van der Waals surface area contributed by atoms with E-state index in [0.29, 0.717) is 28.1 Å². The van der Waals surface area contributed by atoms with Gasteiger partial charge in [0.2, 0.25) is 0 Å². The molecule has 0 unspecified atom stereocenters. The maximum absolute atomic E-state index is 13.5. The van der Waals surface area contributed by atoms with Crippen LogP contribution in [0, 0.1) is 24.7 Å². The Morgan fingerprint density at radius 2 is 1.62 bits per heavy atom. The van der Waals surface area contributed by atoms with E-state index in [1.165, 1.54) is 57.3 Å². The fourth-order valence-electron chi connectivity index (χ4n) is 8.27. The molecule has 0 radical (unpaired) electrons. The Morgan fingerprint density at radius 1 is 0.952 bits per heavy atom. The lowest BCUT2D eigenvalue weighted by atomic mass is 9.48. The minimum Gasteiger partial charge on any atom is -0.465 e. The number of benzene rings is 2. The summed E-state index contributed by atoms with van der Waals surface area (Å²) in [5.41, 5.74) is 3.47. The van der Waals surface area contributed by atoms with Gasteiger partial charge in [0.1, 0.15) is 17.1 Å². The molecule has 214 valence electrons. The number of methoxy groups -OCH3 is 1. The van der Waals surface area contributed by atoms with E-state index in [9.17, 15) is 19.2 Å². The monoisotopic (exact) mass is 564 g/mol. The number of ether oxygens (including phenoxy) is 1. The van der Waals surface area contributed by atoms with Crippen molar-refractivity contribution in [3.63, 3.8) is 0 Å². The van der Waals surface area contributed by atoms with Gasteiger partial charge < -0.3 is 9.15 Å². The number of furan rings is 1. The predicted octanol–water partition coefficient (Wildman–Crippen LogP) is 6.18. The molecule has 4 bridgehead atoms. The maximum Gasteiger partial charge on any atom is 0.338 e. The van der Waals surface area contributed by atoms with Crippen molar-refractivity contribution in [1.82, 2.24) is 5.32 Å². The van der Waals surface area contributed by atoms with Crippen molar-refractivity contribution in [2.24, 2.45) is 17.8 Å². The molecule has 3 aromatic rings. The molecule has 4 amide bonds. The lowest BCUT2D eigenvalue weighted by Crippen LogP contribution is -2.54. The number of carbonyl (C=O) groups excluding carboxylic acids is 4. The SMILES string of the molecule is COC(=O)c1cccc(-c2ccc(/C=C3\C(=O)NC(=O)N(c4ccc(C56CC7CC(CC(C7)C5)C6)cc4)C3=O)o2)c1C. The first-order valence-electron chi connectivity index (χ1n) is 14.5. The van der Waals surface area contributed by atoms with Crippen LogP contribution in [0.15, 0.2) is 64.6 Å². The summed E-state index contributed by atoms with van der Waals surface area (Å²) in [5.74, 6) is 1.20. The Kier molecular flexibility index (Phi) is 6.18. The second-order valence-corrected chi connectivity index (χ2v) is 12.4. The first kappa shape index (κ1) is 26.4.